The molecule has 6 aromatic rings. The fourth-order valence-electron chi connectivity index (χ4n) is 4.65. The summed E-state index contributed by atoms with van der Waals surface area (Å²) in [4.78, 5) is 4.53. The summed E-state index contributed by atoms with van der Waals surface area (Å²) in [5, 5.41) is 5.42. The second-order valence-electron chi connectivity index (χ2n) is 8.63. The molecule has 3 aromatic carbocycles. The van der Waals surface area contributed by atoms with Gasteiger partial charge in [-0.25, -0.2) is 0 Å². The zero-order valence-electron chi connectivity index (χ0n) is 18.2. The molecule has 1 nitrogen and oxygen atoms in total. The Kier molecular flexibility index (Phi) is 5.17. The molecule has 158 valence electrons. The summed E-state index contributed by atoms with van der Waals surface area (Å²) in [6.45, 7) is 2.28. The topological polar surface area (TPSA) is 12.9 Å². The smallest absolute Gasteiger partial charge is 0.0702 e. The number of hydrogen-bond acceptors (Lipinski definition) is 3. The largest absolute Gasteiger partial charge is 0.256 e. The highest BCUT2D eigenvalue weighted by Crippen LogP contribution is 2.45. The number of hydrogen-bond donors (Lipinski definition) is 0. The van der Waals surface area contributed by atoms with Crippen LogP contribution in [0.1, 0.15) is 38.2 Å². The minimum absolute atomic E-state index is 1.03. The number of nitrogens with zero attached hydrogens (tertiary/aromatic N) is 1. The first kappa shape index (κ1) is 19.9. The molecule has 0 atom stereocenters. The van der Waals surface area contributed by atoms with Crippen molar-refractivity contribution in [2.75, 3.05) is 0 Å². The van der Waals surface area contributed by atoms with Gasteiger partial charge in [0.15, 0.2) is 0 Å². The molecule has 0 aliphatic rings. The SMILES string of the molecule is CCCCCCc1ccc2sc3c4cc5cc(-c6ccccn6)ccc5cc4sc3c2c1. The van der Waals surface area contributed by atoms with Crippen LogP contribution < -0.4 is 0 Å². The van der Waals surface area contributed by atoms with Gasteiger partial charge in [0.25, 0.3) is 0 Å². The van der Waals surface area contributed by atoms with Gasteiger partial charge >= 0.3 is 0 Å². The first-order valence-electron chi connectivity index (χ1n) is 11.5. The van der Waals surface area contributed by atoms with Crippen LogP contribution in [0.2, 0.25) is 0 Å². The van der Waals surface area contributed by atoms with Gasteiger partial charge in [0.2, 0.25) is 0 Å². The van der Waals surface area contributed by atoms with Crippen molar-refractivity contribution in [2.24, 2.45) is 0 Å². The second-order valence-corrected chi connectivity index (χ2v) is 10.7. The van der Waals surface area contributed by atoms with E-state index in [0.29, 0.717) is 0 Å². The highest BCUT2D eigenvalue weighted by Gasteiger charge is 2.14. The Morgan fingerprint density at radius 3 is 2.44 bits per heavy atom. The maximum atomic E-state index is 4.53. The Bertz CT molecular complexity index is 1560. The standard InChI is InChI=1S/C29H25NS2/c1-2-3-4-5-8-19-10-13-26-23(15-19)28-29(31-26)24-17-22-16-21(25-9-6-7-14-30-25)12-11-20(22)18-27(24)32-28/h6-7,9-18H,2-5,8H2,1H3. The third kappa shape index (κ3) is 3.50. The fourth-order valence-corrected chi connectivity index (χ4v) is 7.30. The van der Waals surface area contributed by atoms with Gasteiger partial charge in [0, 0.05) is 31.9 Å². The lowest BCUT2D eigenvalue weighted by atomic mass is 10.0. The van der Waals surface area contributed by atoms with Crippen LogP contribution in [-0.2, 0) is 6.42 Å². The number of fused-ring (bicyclic) bond motifs is 6. The maximum absolute atomic E-state index is 4.53. The van der Waals surface area contributed by atoms with Gasteiger partial charge in [-0.05, 0) is 71.6 Å². The van der Waals surface area contributed by atoms with Gasteiger partial charge in [-0.2, -0.15) is 0 Å². The van der Waals surface area contributed by atoms with E-state index in [1.165, 1.54) is 83.6 Å². The van der Waals surface area contributed by atoms with Crippen molar-refractivity contribution in [3.05, 3.63) is 78.5 Å². The van der Waals surface area contributed by atoms with E-state index in [1.807, 2.05) is 41.0 Å². The summed E-state index contributed by atoms with van der Waals surface area (Å²) >= 11 is 3.90. The molecule has 0 spiro atoms. The number of aryl methyl sites for hydroxylation is 1. The summed E-state index contributed by atoms with van der Waals surface area (Å²) in [6, 6.07) is 24.7. The molecule has 0 bridgehead atoms. The molecule has 0 amide bonds. The predicted octanol–water partition coefficient (Wildman–Crippen LogP) is 9.61. The second kappa shape index (κ2) is 8.31. The number of benzene rings is 3. The highest BCUT2D eigenvalue weighted by molar-refractivity contribution is 7.36. The van der Waals surface area contributed by atoms with Crippen molar-refractivity contribution in [1.82, 2.24) is 4.98 Å². The first-order chi connectivity index (χ1) is 15.8. The van der Waals surface area contributed by atoms with Crippen LogP contribution in [0, 0.1) is 0 Å². The Morgan fingerprint density at radius 1 is 0.719 bits per heavy atom. The van der Waals surface area contributed by atoms with Crippen molar-refractivity contribution in [3.63, 3.8) is 0 Å². The monoisotopic (exact) mass is 451 g/mol. The van der Waals surface area contributed by atoms with E-state index in [-0.39, 0.29) is 0 Å². The van der Waals surface area contributed by atoms with Crippen molar-refractivity contribution >= 4 is 63.0 Å². The molecule has 0 fully saturated rings. The highest BCUT2D eigenvalue weighted by atomic mass is 32.1. The molecule has 3 heterocycles. The summed E-state index contributed by atoms with van der Waals surface area (Å²) in [5.74, 6) is 0. The first-order valence-corrected chi connectivity index (χ1v) is 13.2. The Morgan fingerprint density at radius 2 is 1.59 bits per heavy atom. The molecule has 3 heteroatoms. The van der Waals surface area contributed by atoms with E-state index < -0.39 is 0 Å². The van der Waals surface area contributed by atoms with Crippen LogP contribution in [0.25, 0.3) is 51.6 Å². The Hall–Kier alpha value is -2.75. The molecule has 3 aromatic heterocycles. The average molecular weight is 452 g/mol. The molecule has 0 saturated heterocycles. The van der Waals surface area contributed by atoms with Crippen molar-refractivity contribution in [1.29, 1.82) is 0 Å². The molecular weight excluding hydrogens is 426 g/mol. The lowest BCUT2D eigenvalue weighted by Crippen LogP contribution is -1.85. The molecule has 6 rings (SSSR count). The molecule has 32 heavy (non-hydrogen) atoms. The van der Waals surface area contributed by atoms with E-state index in [9.17, 15) is 0 Å². The Labute approximate surface area is 196 Å². The minimum atomic E-state index is 1.03. The van der Waals surface area contributed by atoms with Gasteiger partial charge in [-0.3, -0.25) is 4.98 Å². The van der Waals surface area contributed by atoms with Gasteiger partial charge in [0.1, 0.15) is 0 Å². The summed E-state index contributed by atoms with van der Waals surface area (Å²) in [7, 11) is 0. The summed E-state index contributed by atoms with van der Waals surface area (Å²) in [5.41, 5.74) is 3.68. The molecular formula is C29H25NS2. The van der Waals surface area contributed by atoms with Gasteiger partial charge < -0.3 is 0 Å². The van der Waals surface area contributed by atoms with E-state index >= 15 is 0 Å². The molecule has 0 aliphatic carbocycles. The van der Waals surface area contributed by atoms with E-state index in [0.717, 1.165) is 5.69 Å². The molecule has 0 unspecified atom stereocenters. The predicted molar refractivity (Wildman–Crippen MR) is 143 cm³/mol. The van der Waals surface area contributed by atoms with E-state index in [2.05, 4.69) is 66.5 Å². The van der Waals surface area contributed by atoms with Crippen LogP contribution >= 0.6 is 22.7 Å². The van der Waals surface area contributed by atoms with Crippen LogP contribution in [0.3, 0.4) is 0 Å². The van der Waals surface area contributed by atoms with Crippen LogP contribution in [0.4, 0.5) is 0 Å². The van der Waals surface area contributed by atoms with Gasteiger partial charge in [-0.1, -0.05) is 50.5 Å². The molecule has 0 saturated carbocycles. The van der Waals surface area contributed by atoms with Crippen LogP contribution in [0.15, 0.2) is 72.9 Å². The molecule has 0 N–H and O–H groups in total. The van der Waals surface area contributed by atoms with Gasteiger partial charge in [-0.15, -0.1) is 22.7 Å². The zero-order chi connectivity index (χ0) is 21.5. The summed E-state index contributed by atoms with van der Waals surface area (Å²) in [6.07, 6.45) is 8.33. The maximum Gasteiger partial charge on any atom is 0.0702 e. The molecule has 0 radical (unpaired) electrons. The van der Waals surface area contributed by atoms with Crippen LogP contribution in [-0.4, -0.2) is 4.98 Å². The van der Waals surface area contributed by atoms with Crippen molar-refractivity contribution in [2.45, 2.75) is 39.0 Å². The summed E-state index contributed by atoms with van der Waals surface area (Å²) < 4.78 is 5.69. The normalized spacial score (nSPS) is 11.9. The van der Waals surface area contributed by atoms with E-state index in [4.69, 9.17) is 0 Å². The number of unbranched alkanes of at least 4 members (excludes halogenated alkanes) is 3. The number of thiophene rings is 2. The van der Waals surface area contributed by atoms with E-state index in [1.54, 1.807) is 0 Å². The van der Waals surface area contributed by atoms with Crippen molar-refractivity contribution < 1.29 is 0 Å². The molecule has 0 aliphatic heterocycles. The van der Waals surface area contributed by atoms with Gasteiger partial charge in [0.05, 0.1) is 15.1 Å². The van der Waals surface area contributed by atoms with Crippen molar-refractivity contribution in [3.8, 4) is 11.3 Å². The van der Waals surface area contributed by atoms with Crippen LogP contribution in [0.5, 0.6) is 0 Å². The Balaban J connectivity index is 1.45. The average Bonchev–Trinajstić information content (AvgIpc) is 3.36. The zero-order valence-corrected chi connectivity index (χ0v) is 19.9. The lowest BCUT2D eigenvalue weighted by Gasteiger charge is -2.04. The third-order valence-electron chi connectivity index (χ3n) is 6.38. The number of aromatic nitrogens is 1. The minimum Gasteiger partial charge on any atom is -0.256 e. The third-order valence-corrected chi connectivity index (χ3v) is 8.90. The lowest BCUT2D eigenvalue weighted by molar-refractivity contribution is 0.667. The number of pyridine rings is 1. The fraction of sp³-hybridized carbons (Fsp3) is 0.207. The quantitative estimate of drug-likeness (QED) is 0.230. The number of rotatable bonds is 6.